The van der Waals surface area contributed by atoms with Gasteiger partial charge in [-0.15, -0.1) is 22.7 Å². The van der Waals surface area contributed by atoms with E-state index in [0.717, 1.165) is 35.3 Å². The molecule has 0 radical (unpaired) electrons. The fourth-order valence-corrected chi connectivity index (χ4v) is 8.52. The lowest BCUT2D eigenvalue weighted by atomic mass is 9.70. The smallest absolute Gasteiger partial charge is 0.237 e. The number of amidine groups is 1. The molecule has 2 aromatic heterocycles. The molecular weight excluding hydrogens is 504 g/mol. The van der Waals surface area contributed by atoms with Crippen LogP contribution in [-0.2, 0) is 23.1 Å². The molecule has 2 aromatic rings. The minimum atomic E-state index is -0.758. The fraction of sp³-hybridized carbons (Fsp3) is 0.500. The van der Waals surface area contributed by atoms with Gasteiger partial charge in [0.05, 0.1) is 18.0 Å². The van der Waals surface area contributed by atoms with Gasteiger partial charge in [-0.1, -0.05) is 13.5 Å². The zero-order chi connectivity index (χ0) is 26.5. The van der Waals surface area contributed by atoms with E-state index >= 15 is 0 Å². The number of piperidine rings is 1. The monoisotopic (exact) mass is 538 g/mol. The number of carbonyl (C=O) groups excluding carboxylic acids is 1. The van der Waals surface area contributed by atoms with Crippen molar-refractivity contribution in [2.24, 2.45) is 34.2 Å². The Morgan fingerprint density at radius 3 is 2.84 bits per heavy atom. The van der Waals surface area contributed by atoms with Crippen LogP contribution in [0.4, 0.5) is 0 Å². The van der Waals surface area contributed by atoms with Gasteiger partial charge >= 0.3 is 0 Å². The Balaban J connectivity index is 1.46. The zero-order valence-corrected chi connectivity index (χ0v) is 22.8. The highest BCUT2D eigenvalue weighted by Gasteiger charge is 2.60. The molecule has 8 N–H and O–H groups in total. The van der Waals surface area contributed by atoms with Crippen LogP contribution >= 0.6 is 22.7 Å². The molecule has 0 bridgehead atoms. The average Bonchev–Trinajstić information content (AvgIpc) is 3.33. The lowest BCUT2D eigenvalue weighted by Gasteiger charge is -2.36. The third kappa shape index (κ3) is 4.22. The maximum atomic E-state index is 13.2. The third-order valence-electron chi connectivity index (χ3n) is 8.31. The lowest BCUT2D eigenvalue weighted by Crippen LogP contribution is -2.50. The van der Waals surface area contributed by atoms with E-state index in [1.165, 1.54) is 9.75 Å². The van der Waals surface area contributed by atoms with Crippen molar-refractivity contribution < 1.29 is 4.79 Å². The van der Waals surface area contributed by atoms with Gasteiger partial charge in [0.25, 0.3) is 0 Å². The first kappa shape index (κ1) is 25.7. The molecule has 3 heterocycles. The Labute approximate surface area is 225 Å². The quantitative estimate of drug-likeness (QED) is 0.149. The van der Waals surface area contributed by atoms with Crippen LogP contribution in [0.15, 0.2) is 29.2 Å². The molecule has 3 aliphatic rings. The van der Waals surface area contributed by atoms with Crippen molar-refractivity contribution in [1.82, 2.24) is 15.8 Å². The number of nitrogens with one attached hydrogen (secondary N) is 2. The summed E-state index contributed by atoms with van der Waals surface area (Å²) in [4.78, 5) is 18.4. The predicted octanol–water partition coefficient (Wildman–Crippen LogP) is 1.99. The predicted molar refractivity (Wildman–Crippen MR) is 148 cm³/mol. The van der Waals surface area contributed by atoms with E-state index in [-0.39, 0.29) is 30.6 Å². The van der Waals surface area contributed by atoms with Crippen molar-refractivity contribution in [3.8, 4) is 6.07 Å². The van der Waals surface area contributed by atoms with Gasteiger partial charge in [-0.25, -0.2) is 11.4 Å². The van der Waals surface area contributed by atoms with Gasteiger partial charge in [-0.05, 0) is 73.1 Å². The van der Waals surface area contributed by atoms with E-state index in [1.54, 1.807) is 27.6 Å². The van der Waals surface area contributed by atoms with E-state index in [4.69, 9.17) is 17.3 Å². The molecule has 1 amide bonds. The highest BCUT2D eigenvalue weighted by Crippen LogP contribution is 2.53. The van der Waals surface area contributed by atoms with Crippen molar-refractivity contribution in [2.75, 3.05) is 6.54 Å². The number of fused-ring (bicyclic) bond motifs is 3. The summed E-state index contributed by atoms with van der Waals surface area (Å²) in [6, 6.07) is 6.29. The van der Waals surface area contributed by atoms with E-state index < -0.39 is 5.41 Å². The molecule has 5 rings (SSSR count). The number of nitrogens with two attached hydrogens (primary N) is 3. The molecule has 0 spiro atoms. The van der Waals surface area contributed by atoms with Crippen LogP contribution in [0.1, 0.15) is 52.4 Å². The normalized spacial score (nSPS) is 28.9. The van der Waals surface area contributed by atoms with Gasteiger partial charge in [0.2, 0.25) is 5.91 Å². The van der Waals surface area contributed by atoms with E-state index in [1.807, 2.05) is 0 Å². The number of hydrazine groups is 1. The SMILES string of the molecule is C=C(N)c1cc2c(s1)CCc1sccc1C2(CC(C)NCC(=O)N1C2C(C[C@H]1C#N)[C@@H]2C)/C(N)=N/NN. The van der Waals surface area contributed by atoms with Crippen molar-refractivity contribution in [2.45, 2.75) is 63.1 Å². The number of thiophene rings is 2. The molecule has 2 aliphatic carbocycles. The van der Waals surface area contributed by atoms with Crippen molar-refractivity contribution >= 4 is 40.1 Å². The Bertz CT molecular complexity index is 1290. The maximum absolute atomic E-state index is 13.2. The van der Waals surface area contributed by atoms with Crippen LogP contribution in [0.25, 0.3) is 5.70 Å². The molecule has 196 valence electrons. The van der Waals surface area contributed by atoms with Gasteiger partial charge < -0.3 is 21.7 Å². The van der Waals surface area contributed by atoms with Gasteiger partial charge in [-0.2, -0.15) is 10.4 Å². The average molecular weight is 539 g/mol. The minimum Gasteiger partial charge on any atom is -0.398 e. The van der Waals surface area contributed by atoms with E-state index in [0.29, 0.717) is 29.8 Å². The summed E-state index contributed by atoms with van der Waals surface area (Å²) in [6.45, 7) is 8.32. The number of carbonyl (C=O) groups is 1. The summed E-state index contributed by atoms with van der Waals surface area (Å²) in [5, 5.41) is 19.4. The number of nitrogens with zero attached hydrogens (tertiary/aromatic N) is 3. The molecule has 6 atom stereocenters. The molecular formula is C26H34N8OS2. The highest BCUT2D eigenvalue weighted by atomic mass is 32.1. The number of likely N-dealkylation sites (tertiary alicyclic amines) is 1. The molecule has 1 saturated carbocycles. The summed E-state index contributed by atoms with van der Waals surface area (Å²) < 4.78 is 0. The number of amides is 1. The van der Waals surface area contributed by atoms with Gasteiger partial charge in [0.15, 0.2) is 0 Å². The summed E-state index contributed by atoms with van der Waals surface area (Å²) >= 11 is 3.36. The number of hydrogen-bond donors (Lipinski definition) is 5. The Hall–Kier alpha value is -2.91. The largest absolute Gasteiger partial charge is 0.398 e. The van der Waals surface area contributed by atoms with Crippen LogP contribution in [0.3, 0.4) is 0 Å². The summed E-state index contributed by atoms with van der Waals surface area (Å²) in [7, 11) is 0. The number of nitriles is 1. The van der Waals surface area contributed by atoms with Crippen LogP contribution in [0.2, 0.25) is 0 Å². The van der Waals surface area contributed by atoms with E-state index in [9.17, 15) is 10.1 Å². The molecule has 11 heteroatoms. The minimum absolute atomic E-state index is 0.0235. The molecule has 37 heavy (non-hydrogen) atoms. The van der Waals surface area contributed by atoms with Crippen molar-refractivity contribution in [1.29, 1.82) is 5.26 Å². The molecule has 4 unspecified atom stereocenters. The second-order valence-electron chi connectivity index (χ2n) is 10.4. The summed E-state index contributed by atoms with van der Waals surface area (Å²) in [5.41, 5.74) is 17.2. The number of aryl methyl sites for hydroxylation is 2. The van der Waals surface area contributed by atoms with E-state index in [2.05, 4.69) is 60.0 Å². The first-order valence-corrected chi connectivity index (χ1v) is 14.3. The molecule has 0 aromatic carbocycles. The third-order valence-corrected chi connectivity index (χ3v) is 10.6. The molecule has 2 fully saturated rings. The molecule has 9 nitrogen and oxygen atoms in total. The standard InChI is InChI=1S/C26H34N8OS2/c1-13(31-12-23(35)34-16(11-27)8-17-14(2)24(17)34)10-26(25(29)32-33-30)18-6-7-36-20(18)4-5-21-19(26)9-22(37-21)15(3)28/h6-7,9,13-14,16-17,24,31,33H,3-5,8,10,12,28,30H2,1-2H3,(H2,29,32)/t13?,14-,16-,17?,24?,26?/m0/s1. The first-order chi connectivity index (χ1) is 17.7. The topological polar surface area (TPSA) is 159 Å². The molecule has 1 aliphatic heterocycles. The van der Waals surface area contributed by atoms with Gasteiger partial charge in [-0.3, -0.25) is 4.79 Å². The first-order valence-electron chi connectivity index (χ1n) is 12.6. The number of hydrogen-bond acceptors (Lipinski definition) is 9. The van der Waals surface area contributed by atoms with Crippen LogP contribution < -0.4 is 28.2 Å². The van der Waals surface area contributed by atoms with Crippen LogP contribution in [-0.4, -0.2) is 41.3 Å². The highest BCUT2D eigenvalue weighted by molar-refractivity contribution is 7.13. The van der Waals surface area contributed by atoms with Gasteiger partial charge in [0, 0.05) is 32.4 Å². The zero-order valence-electron chi connectivity index (χ0n) is 21.2. The number of hydrazone groups is 1. The Kier molecular flexibility index (Phi) is 6.79. The lowest BCUT2D eigenvalue weighted by molar-refractivity contribution is -0.131. The molecule has 1 saturated heterocycles. The van der Waals surface area contributed by atoms with Crippen molar-refractivity contribution in [3.63, 3.8) is 0 Å². The van der Waals surface area contributed by atoms with Gasteiger partial charge in [0.1, 0.15) is 11.9 Å². The maximum Gasteiger partial charge on any atom is 0.237 e. The van der Waals surface area contributed by atoms with Crippen LogP contribution in [0.5, 0.6) is 0 Å². The Morgan fingerprint density at radius 1 is 1.38 bits per heavy atom. The second kappa shape index (κ2) is 9.76. The van der Waals surface area contributed by atoms with Crippen molar-refractivity contribution in [3.05, 3.63) is 49.9 Å². The second-order valence-corrected chi connectivity index (χ2v) is 12.6. The Morgan fingerprint density at radius 2 is 2.14 bits per heavy atom. The fourth-order valence-electron chi connectivity index (χ4n) is 6.44. The summed E-state index contributed by atoms with van der Waals surface area (Å²) in [5.74, 6) is 6.89. The van der Waals surface area contributed by atoms with Crippen LogP contribution in [0, 0.1) is 23.2 Å². The summed E-state index contributed by atoms with van der Waals surface area (Å²) in [6.07, 6.45) is 3.11. The number of rotatable bonds is 8.